The van der Waals surface area contributed by atoms with E-state index in [4.69, 9.17) is 11.6 Å². The van der Waals surface area contributed by atoms with Crippen molar-refractivity contribution in [2.75, 3.05) is 4.90 Å². The van der Waals surface area contributed by atoms with Crippen LogP contribution in [0.25, 0.3) is 11.0 Å². The van der Waals surface area contributed by atoms with E-state index in [0.717, 1.165) is 10.9 Å². The molecule has 2 aromatic heterocycles. The minimum Gasteiger partial charge on any atom is -0.390 e. The topological polar surface area (TPSA) is 83.4 Å². The van der Waals surface area contributed by atoms with Gasteiger partial charge in [0.1, 0.15) is 16.8 Å². The number of ketones is 1. The van der Waals surface area contributed by atoms with Crippen molar-refractivity contribution in [1.29, 1.82) is 0 Å². The van der Waals surface area contributed by atoms with Gasteiger partial charge >= 0.3 is 0 Å². The summed E-state index contributed by atoms with van der Waals surface area (Å²) in [6, 6.07) is 14.0. The van der Waals surface area contributed by atoms with Crippen molar-refractivity contribution in [3.8, 4) is 0 Å². The van der Waals surface area contributed by atoms with Gasteiger partial charge in [0.15, 0.2) is 5.65 Å². The van der Waals surface area contributed by atoms with E-state index < -0.39 is 11.6 Å². The predicted octanol–water partition coefficient (Wildman–Crippen LogP) is 4.50. The number of hydrogen-bond donors (Lipinski definition) is 1. The average molecular weight is 424 g/mol. The summed E-state index contributed by atoms with van der Waals surface area (Å²) >= 11 is 6.00. The van der Waals surface area contributed by atoms with Crippen LogP contribution in [0.2, 0.25) is 5.15 Å². The summed E-state index contributed by atoms with van der Waals surface area (Å²) in [6.45, 7) is 3.36. The van der Waals surface area contributed by atoms with E-state index in [9.17, 15) is 14.7 Å². The van der Waals surface area contributed by atoms with E-state index in [-0.39, 0.29) is 24.5 Å². The summed E-state index contributed by atoms with van der Waals surface area (Å²) < 4.78 is 0. The lowest BCUT2D eigenvalue weighted by atomic mass is 9.95. The summed E-state index contributed by atoms with van der Waals surface area (Å²) in [5.41, 5.74) is 0.901. The molecule has 0 bridgehead atoms. The molecule has 0 saturated heterocycles. The number of benzene rings is 1. The van der Waals surface area contributed by atoms with E-state index in [2.05, 4.69) is 9.97 Å². The summed E-state index contributed by atoms with van der Waals surface area (Å²) in [5.74, 6) is 0.220. The minimum absolute atomic E-state index is 0.0152. The molecule has 0 unspecified atom stereocenters. The first-order valence-electron chi connectivity index (χ1n) is 9.83. The fourth-order valence-corrected chi connectivity index (χ4v) is 3.86. The third kappa shape index (κ3) is 4.06. The van der Waals surface area contributed by atoms with E-state index >= 15 is 0 Å². The molecule has 0 spiro atoms. The Morgan fingerprint density at radius 2 is 1.87 bits per heavy atom. The lowest BCUT2D eigenvalue weighted by Gasteiger charge is -2.25. The Kier molecular flexibility index (Phi) is 5.30. The normalized spacial score (nSPS) is 16.2. The fraction of sp³-hybridized carbons (Fsp3) is 0.304. The highest BCUT2D eigenvalue weighted by Gasteiger charge is 2.39. The first-order valence-corrected chi connectivity index (χ1v) is 10.2. The van der Waals surface area contributed by atoms with Crippen LogP contribution >= 0.6 is 11.6 Å². The second kappa shape index (κ2) is 7.78. The fourth-order valence-electron chi connectivity index (χ4n) is 3.72. The first-order chi connectivity index (χ1) is 14.2. The third-order valence-electron chi connectivity index (χ3n) is 5.27. The number of carbonyl (C=O) groups excluding carboxylic acids is 2. The Hall–Kier alpha value is -2.83. The van der Waals surface area contributed by atoms with Gasteiger partial charge in [-0.25, -0.2) is 9.97 Å². The Morgan fingerprint density at radius 3 is 2.63 bits per heavy atom. The highest BCUT2D eigenvalue weighted by Crippen LogP contribution is 2.39. The van der Waals surface area contributed by atoms with Crippen LogP contribution in [0.15, 0.2) is 48.5 Å². The molecule has 1 aromatic carbocycles. The van der Waals surface area contributed by atoms with Gasteiger partial charge < -0.3 is 5.11 Å². The highest BCUT2D eigenvalue weighted by atomic mass is 35.5. The van der Waals surface area contributed by atoms with Crippen molar-refractivity contribution in [2.45, 2.75) is 44.8 Å². The van der Waals surface area contributed by atoms with Crippen LogP contribution in [0.5, 0.6) is 0 Å². The van der Waals surface area contributed by atoms with Gasteiger partial charge in [0.2, 0.25) is 0 Å². The van der Waals surface area contributed by atoms with E-state index in [1.807, 2.05) is 30.3 Å². The van der Waals surface area contributed by atoms with Gasteiger partial charge in [-0.15, -0.1) is 0 Å². The number of fused-ring (bicyclic) bond motifs is 2. The zero-order valence-corrected chi connectivity index (χ0v) is 17.6. The summed E-state index contributed by atoms with van der Waals surface area (Å²) in [5, 5.41) is 11.1. The van der Waals surface area contributed by atoms with Gasteiger partial charge in [-0.1, -0.05) is 29.8 Å². The van der Waals surface area contributed by atoms with E-state index in [1.54, 1.807) is 36.9 Å². The number of hydrogen-bond acceptors (Lipinski definition) is 5. The number of Topliss-reactive ketones (excluding diaryl/α,β-unsaturated/α-hetero) is 1. The van der Waals surface area contributed by atoms with Crippen LogP contribution < -0.4 is 4.90 Å². The lowest BCUT2D eigenvalue weighted by molar-refractivity contribution is -0.120. The summed E-state index contributed by atoms with van der Waals surface area (Å²) in [4.78, 5) is 36.3. The molecule has 30 heavy (non-hydrogen) atoms. The molecule has 4 rings (SSSR count). The molecule has 154 valence electrons. The number of halogens is 1. The van der Waals surface area contributed by atoms with Crippen LogP contribution in [0.3, 0.4) is 0 Å². The molecule has 3 aromatic rings. The van der Waals surface area contributed by atoms with Gasteiger partial charge in [0, 0.05) is 23.8 Å². The smallest absolute Gasteiger partial charge is 0.260 e. The Bertz CT molecular complexity index is 1140. The molecule has 1 aliphatic heterocycles. The van der Waals surface area contributed by atoms with Crippen LogP contribution in [0.4, 0.5) is 5.82 Å². The Morgan fingerprint density at radius 1 is 1.13 bits per heavy atom. The van der Waals surface area contributed by atoms with Gasteiger partial charge in [-0.2, -0.15) is 0 Å². The van der Waals surface area contributed by atoms with Gasteiger partial charge in [-0.3, -0.25) is 14.5 Å². The molecule has 0 saturated carbocycles. The standard InChI is InChI=1S/C23H22ClN3O3/c1-23(2,30)12-11-15(28)13-18-16-5-3-4-6-17(16)22(29)27(18)20-10-8-14-7-9-19(24)25-21(14)26-20/h3-10,18,30H,11-13H2,1-2H3/t18-/m0/s1. The molecule has 7 heteroatoms. The molecule has 3 heterocycles. The molecule has 0 fully saturated rings. The van der Waals surface area contributed by atoms with Crippen LogP contribution in [0, 0.1) is 0 Å². The predicted molar refractivity (Wildman–Crippen MR) is 116 cm³/mol. The zero-order valence-electron chi connectivity index (χ0n) is 16.8. The van der Waals surface area contributed by atoms with Crippen LogP contribution in [-0.4, -0.2) is 32.4 Å². The van der Waals surface area contributed by atoms with Crippen molar-refractivity contribution in [2.24, 2.45) is 0 Å². The molecule has 0 aliphatic carbocycles. The number of nitrogens with zero attached hydrogens (tertiary/aromatic N) is 3. The van der Waals surface area contributed by atoms with Crippen LogP contribution in [0.1, 0.15) is 55.1 Å². The molecular formula is C23H22ClN3O3. The number of pyridine rings is 2. The largest absolute Gasteiger partial charge is 0.390 e. The number of aromatic nitrogens is 2. The van der Waals surface area contributed by atoms with E-state index in [0.29, 0.717) is 28.6 Å². The van der Waals surface area contributed by atoms with E-state index in [1.165, 1.54) is 0 Å². The van der Waals surface area contributed by atoms with Gasteiger partial charge in [0.05, 0.1) is 11.6 Å². The maximum Gasteiger partial charge on any atom is 0.260 e. The van der Waals surface area contributed by atoms with Crippen molar-refractivity contribution in [1.82, 2.24) is 9.97 Å². The zero-order chi connectivity index (χ0) is 21.5. The third-order valence-corrected chi connectivity index (χ3v) is 5.48. The van der Waals surface area contributed by atoms with Gasteiger partial charge in [0.25, 0.3) is 5.91 Å². The highest BCUT2D eigenvalue weighted by molar-refractivity contribution is 6.29. The van der Waals surface area contributed by atoms with Crippen molar-refractivity contribution >= 4 is 40.1 Å². The molecule has 1 amide bonds. The number of carbonyl (C=O) groups is 2. The number of aliphatic hydroxyl groups is 1. The number of rotatable bonds is 6. The Balaban J connectivity index is 1.70. The molecular weight excluding hydrogens is 402 g/mol. The number of amides is 1. The second-order valence-electron chi connectivity index (χ2n) is 8.18. The van der Waals surface area contributed by atoms with Gasteiger partial charge in [-0.05, 0) is 56.2 Å². The molecule has 1 aliphatic rings. The minimum atomic E-state index is -0.913. The molecule has 1 atom stereocenters. The maximum atomic E-state index is 13.2. The monoisotopic (exact) mass is 423 g/mol. The quantitative estimate of drug-likeness (QED) is 0.590. The van der Waals surface area contributed by atoms with Crippen molar-refractivity contribution < 1.29 is 14.7 Å². The number of anilines is 1. The molecule has 1 N–H and O–H groups in total. The van der Waals surface area contributed by atoms with Crippen molar-refractivity contribution in [3.05, 3.63) is 64.8 Å². The second-order valence-corrected chi connectivity index (χ2v) is 8.57. The first kappa shape index (κ1) is 20.4. The lowest BCUT2D eigenvalue weighted by Crippen LogP contribution is -2.30. The molecule has 0 radical (unpaired) electrons. The van der Waals surface area contributed by atoms with Crippen molar-refractivity contribution in [3.63, 3.8) is 0 Å². The SMILES string of the molecule is CC(C)(O)CCC(=O)C[C@H]1c2ccccc2C(=O)N1c1ccc2ccc(Cl)nc2n1. The van der Waals surface area contributed by atoms with Crippen LogP contribution in [-0.2, 0) is 4.79 Å². The maximum absolute atomic E-state index is 13.2. The average Bonchev–Trinajstić information content (AvgIpc) is 2.97. The summed E-state index contributed by atoms with van der Waals surface area (Å²) in [7, 11) is 0. The Labute approximate surface area is 179 Å². The molecule has 6 nitrogen and oxygen atoms in total. The summed E-state index contributed by atoms with van der Waals surface area (Å²) in [6.07, 6.45) is 0.763.